The lowest BCUT2D eigenvalue weighted by Crippen LogP contribution is -2.29. The molecular formula is C29H27NO7. The zero-order valence-electron chi connectivity index (χ0n) is 20.7. The van der Waals surface area contributed by atoms with Gasteiger partial charge in [0.1, 0.15) is 17.3 Å². The van der Waals surface area contributed by atoms with E-state index >= 15 is 0 Å². The Hall–Kier alpha value is -4.59. The Kier molecular flexibility index (Phi) is 7.29. The summed E-state index contributed by atoms with van der Waals surface area (Å²) in [6, 6.07) is 17.2. The van der Waals surface area contributed by atoms with Crippen LogP contribution in [0.4, 0.5) is 0 Å². The molecule has 8 heteroatoms. The molecule has 1 fully saturated rings. The van der Waals surface area contributed by atoms with E-state index in [1.54, 1.807) is 54.6 Å². The normalized spacial score (nSPS) is 16.6. The van der Waals surface area contributed by atoms with Gasteiger partial charge in [-0.15, -0.1) is 0 Å². The SMILES string of the molecule is CCOc1ccc(/C(O)=C2/C(=O)C(=O)N(Cc3ccc(C(=O)O)cc3)C2c2cccc(OC)c2)cc1C. The maximum atomic E-state index is 13.3. The number of aliphatic hydroxyl groups excluding tert-OH is 1. The average Bonchev–Trinajstić information content (AvgIpc) is 3.14. The van der Waals surface area contributed by atoms with Crippen molar-refractivity contribution in [3.8, 4) is 11.5 Å². The molecule has 0 aromatic heterocycles. The first-order valence-corrected chi connectivity index (χ1v) is 11.7. The number of likely N-dealkylation sites (tertiary alicyclic amines) is 1. The molecule has 0 spiro atoms. The largest absolute Gasteiger partial charge is 0.507 e. The van der Waals surface area contributed by atoms with E-state index in [9.17, 15) is 24.6 Å². The molecule has 0 bridgehead atoms. The number of ether oxygens (including phenoxy) is 2. The highest BCUT2D eigenvalue weighted by Crippen LogP contribution is 2.41. The van der Waals surface area contributed by atoms with Crippen molar-refractivity contribution in [1.29, 1.82) is 0 Å². The number of aromatic carboxylic acids is 1. The number of carbonyl (C=O) groups excluding carboxylic acids is 2. The maximum Gasteiger partial charge on any atom is 0.335 e. The first-order valence-electron chi connectivity index (χ1n) is 11.7. The second-order valence-electron chi connectivity index (χ2n) is 8.62. The molecule has 8 nitrogen and oxygen atoms in total. The Bertz CT molecular complexity index is 1390. The summed E-state index contributed by atoms with van der Waals surface area (Å²) in [6.07, 6.45) is 0. The van der Waals surface area contributed by atoms with Crippen molar-refractivity contribution in [2.24, 2.45) is 0 Å². The van der Waals surface area contributed by atoms with Crippen molar-refractivity contribution in [2.45, 2.75) is 26.4 Å². The fourth-order valence-corrected chi connectivity index (χ4v) is 4.42. The Morgan fingerprint density at radius 1 is 0.973 bits per heavy atom. The maximum absolute atomic E-state index is 13.3. The van der Waals surface area contributed by atoms with E-state index < -0.39 is 23.7 Å². The van der Waals surface area contributed by atoms with Gasteiger partial charge in [-0.3, -0.25) is 9.59 Å². The zero-order chi connectivity index (χ0) is 26.7. The van der Waals surface area contributed by atoms with Crippen molar-refractivity contribution in [2.75, 3.05) is 13.7 Å². The van der Waals surface area contributed by atoms with E-state index in [0.717, 1.165) is 5.56 Å². The molecule has 1 heterocycles. The summed E-state index contributed by atoms with van der Waals surface area (Å²) < 4.78 is 10.9. The molecule has 0 saturated carbocycles. The van der Waals surface area contributed by atoms with Gasteiger partial charge in [-0.2, -0.15) is 0 Å². The third kappa shape index (κ3) is 5.04. The van der Waals surface area contributed by atoms with Gasteiger partial charge in [0, 0.05) is 12.1 Å². The predicted octanol–water partition coefficient (Wildman–Crippen LogP) is 4.72. The smallest absolute Gasteiger partial charge is 0.335 e. The monoisotopic (exact) mass is 501 g/mol. The van der Waals surface area contributed by atoms with Gasteiger partial charge in [-0.1, -0.05) is 24.3 Å². The molecule has 3 aromatic rings. The second-order valence-corrected chi connectivity index (χ2v) is 8.62. The van der Waals surface area contributed by atoms with Crippen LogP contribution in [0.3, 0.4) is 0 Å². The quantitative estimate of drug-likeness (QED) is 0.261. The van der Waals surface area contributed by atoms with Crippen molar-refractivity contribution in [3.63, 3.8) is 0 Å². The van der Waals surface area contributed by atoms with E-state index in [1.165, 1.54) is 24.1 Å². The minimum atomic E-state index is -1.06. The zero-order valence-corrected chi connectivity index (χ0v) is 20.7. The second kappa shape index (κ2) is 10.6. The fraction of sp³-hybridized carbons (Fsp3) is 0.207. The standard InChI is InChI=1S/C29H27NO7/c1-4-37-23-13-12-21(14-17(23)2)26(31)24-25(20-6-5-7-22(15-20)36-3)30(28(33)27(24)32)16-18-8-10-19(11-9-18)29(34)35/h5-15,25,31H,4,16H2,1-3H3,(H,34,35)/b26-24-. The van der Waals surface area contributed by atoms with Crippen LogP contribution in [0.5, 0.6) is 11.5 Å². The molecule has 2 N–H and O–H groups in total. The number of carboxylic acids is 1. The number of Topliss-reactive ketones (excluding diaryl/α,β-unsaturated/α-hetero) is 1. The van der Waals surface area contributed by atoms with E-state index in [1.807, 2.05) is 13.8 Å². The van der Waals surface area contributed by atoms with E-state index in [4.69, 9.17) is 9.47 Å². The number of hydrogen-bond donors (Lipinski definition) is 2. The number of aliphatic hydroxyl groups is 1. The van der Waals surface area contributed by atoms with Crippen LogP contribution in [0.1, 0.15) is 45.6 Å². The molecule has 37 heavy (non-hydrogen) atoms. The Morgan fingerprint density at radius 3 is 2.30 bits per heavy atom. The average molecular weight is 502 g/mol. The van der Waals surface area contributed by atoms with Gasteiger partial charge >= 0.3 is 5.97 Å². The molecule has 4 rings (SSSR count). The van der Waals surface area contributed by atoms with Crippen LogP contribution >= 0.6 is 0 Å². The molecule has 1 aliphatic rings. The molecule has 1 aliphatic heterocycles. The first-order chi connectivity index (χ1) is 17.7. The molecule has 3 aromatic carbocycles. The summed E-state index contributed by atoms with van der Waals surface area (Å²) in [5.74, 6) is -1.73. The molecule has 190 valence electrons. The van der Waals surface area contributed by atoms with Crippen LogP contribution in [0.25, 0.3) is 5.76 Å². The van der Waals surface area contributed by atoms with Crippen molar-refractivity contribution in [3.05, 3.63) is 100 Å². The van der Waals surface area contributed by atoms with Crippen LogP contribution in [-0.2, 0) is 16.1 Å². The number of carboxylic acid groups (broad SMARTS) is 1. The lowest BCUT2D eigenvalue weighted by atomic mass is 9.94. The number of aryl methyl sites for hydroxylation is 1. The summed E-state index contributed by atoms with van der Waals surface area (Å²) in [7, 11) is 1.52. The third-order valence-corrected chi connectivity index (χ3v) is 6.25. The van der Waals surface area contributed by atoms with Gasteiger partial charge in [0.15, 0.2) is 0 Å². The van der Waals surface area contributed by atoms with Crippen molar-refractivity contribution in [1.82, 2.24) is 4.90 Å². The first kappa shape index (κ1) is 25.5. The number of amides is 1. The van der Waals surface area contributed by atoms with Crippen LogP contribution in [0.15, 0.2) is 72.3 Å². The number of ketones is 1. The molecule has 1 unspecified atom stereocenters. The Morgan fingerprint density at radius 2 is 1.68 bits per heavy atom. The summed E-state index contributed by atoms with van der Waals surface area (Å²) >= 11 is 0. The van der Waals surface area contributed by atoms with Gasteiger partial charge in [0.25, 0.3) is 11.7 Å². The molecule has 1 atom stereocenters. The molecule has 0 aliphatic carbocycles. The number of carbonyl (C=O) groups is 3. The van der Waals surface area contributed by atoms with Crippen LogP contribution in [-0.4, -0.2) is 46.5 Å². The van der Waals surface area contributed by atoms with Crippen molar-refractivity contribution >= 4 is 23.4 Å². The van der Waals surface area contributed by atoms with Gasteiger partial charge in [0.05, 0.1) is 30.9 Å². The summed E-state index contributed by atoms with van der Waals surface area (Å²) in [4.78, 5) is 39.2. The Balaban J connectivity index is 1.83. The molecular weight excluding hydrogens is 474 g/mol. The van der Waals surface area contributed by atoms with Gasteiger partial charge < -0.3 is 24.6 Å². The molecule has 1 saturated heterocycles. The number of rotatable bonds is 8. The van der Waals surface area contributed by atoms with Gasteiger partial charge in [0.2, 0.25) is 0 Å². The van der Waals surface area contributed by atoms with Crippen LogP contribution < -0.4 is 9.47 Å². The lowest BCUT2D eigenvalue weighted by molar-refractivity contribution is -0.140. The minimum Gasteiger partial charge on any atom is -0.507 e. The van der Waals surface area contributed by atoms with Gasteiger partial charge in [-0.25, -0.2) is 4.79 Å². The number of nitrogens with zero attached hydrogens (tertiary/aromatic N) is 1. The number of benzene rings is 3. The molecule has 0 radical (unpaired) electrons. The fourth-order valence-electron chi connectivity index (χ4n) is 4.42. The predicted molar refractivity (Wildman–Crippen MR) is 137 cm³/mol. The number of hydrogen-bond acceptors (Lipinski definition) is 6. The number of methoxy groups -OCH3 is 1. The Labute approximate surface area is 214 Å². The van der Waals surface area contributed by atoms with Crippen LogP contribution in [0, 0.1) is 6.92 Å². The third-order valence-electron chi connectivity index (χ3n) is 6.25. The highest BCUT2D eigenvalue weighted by Gasteiger charge is 2.46. The lowest BCUT2D eigenvalue weighted by Gasteiger charge is -2.26. The topological polar surface area (TPSA) is 113 Å². The minimum absolute atomic E-state index is 0.0332. The van der Waals surface area contributed by atoms with E-state index in [0.29, 0.717) is 34.8 Å². The van der Waals surface area contributed by atoms with E-state index in [2.05, 4.69) is 0 Å². The van der Waals surface area contributed by atoms with Gasteiger partial charge in [-0.05, 0) is 73.0 Å². The van der Waals surface area contributed by atoms with Crippen molar-refractivity contribution < 1.29 is 34.1 Å². The summed E-state index contributed by atoms with van der Waals surface area (Å²) in [5, 5.41) is 20.5. The highest BCUT2D eigenvalue weighted by molar-refractivity contribution is 6.46. The summed E-state index contributed by atoms with van der Waals surface area (Å²) in [5.41, 5.74) is 2.46. The summed E-state index contributed by atoms with van der Waals surface area (Å²) in [6.45, 7) is 4.23. The highest BCUT2D eigenvalue weighted by atomic mass is 16.5. The van der Waals surface area contributed by atoms with Crippen LogP contribution in [0.2, 0.25) is 0 Å². The molecule has 1 amide bonds. The van der Waals surface area contributed by atoms with E-state index in [-0.39, 0.29) is 23.4 Å².